The Kier molecular flexibility index (Phi) is 17.9. The van der Waals surface area contributed by atoms with Gasteiger partial charge in [0, 0.05) is 6.54 Å². The van der Waals surface area contributed by atoms with E-state index in [9.17, 15) is 4.79 Å². The highest BCUT2D eigenvalue weighted by Gasteiger charge is 2.06. The molecule has 0 aromatic carbocycles. The number of amides is 1. The first-order chi connectivity index (χ1) is 11.7. The Labute approximate surface area is 150 Å². The Morgan fingerprint density at radius 1 is 0.833 bits per heavy atom. The number of aliphatic hydroxyl groups excluding tert-OH is 1. The van der Waals surface area contributed by atoms with Crippen LogP contribution in [0.3, 0.4) is 0 Å². The van der Waals surface area contributed by atoms with Crippen LogP contribution in [0.1, 0.15) is 104 Å². The molecular formula is C21H41NO2. The van der Waals surface area contributed by atoms with E-state index in [1.165, 1.54) is 84.0 Å². The van der Waals surface area contributed by atoms with Crippen LogP contribution in [0.15, 0.2) is 12.2 Å². The summed E-state index contributed by atoms with van der Waals surface area (Å²) in [6.45, 7) is 4.45. The third-order valence-electron chi connectivity index (χ3n) is 4.37. The lowest BCUT2D eigenvalue weighted by Gasteiger charge is -2.06. The Hall–Kier alpha value is -0.830. The number of nitrogens with one attached hydrogen (secondary N) is 1. The van der Waals surface area contributed by atoms with Gasteiger partial charge in [0.25, 0.3) is 0 Å². The van der Waals surface area contributed by atoms with E-state index in [1.807, 2.05) is 0 Å². The van der Waals surface area contributed by atoms with Gasteiger partial charge in [0.05, 0.1) is 0 Å². The number of aliphatic hydroxyl groups is 1. The van der Waals surface area contributed by atoms with Crippen molar-refractivity contribution in [3.8, 4) is 0 Å². The van der Waals surface area contributed by atoms with Crippen LogP contribution in [0.2, 0.25) is 0 Å². The third-order valence-corrected chi connectivity index (χ3v) is 4.37. The van der Waals surface area contributed by atoms with Crippen LogP contribution in [-0.2, 0) is 4.79 Å². The van der Waals surface area contributed by atoms with E-state index < -0.39 is 6.10 Å². The molecule has 0 rings (SSSR count). The predicted octanol–water partition coefficient (Wildman–Crippen LogP) is 5.52. The van der Waals surface area contributed by atoms with Crippen LogP contribution >= 0.6 is 0 Å². The molecule has 0 bridgehead atoms. The molecule has 0 aromatic rings. The number of hydrogen-bond donors (Lipinski definition) is 2. The minimum Gasteiger partial charge on any atom is -0.384 e. The van der Waals surface area contributed by atoms with E-state index in [1.54, 1.807) is 0 Å². The van der Waals surface area contributed by atoms with Crippen molar-refractivity contribution in [1.29, 1.82) is 0 Å². The third kappa shape index (κ3) is 17.5. The van der Waals surface area contributed by atoms with Crippen molar-refractivity contribution in [2.45, 2.75) is 110 Å². The summed E-state index contributed by atoms with van der Waals surface area (Å²) in [5.41, 5.74) is 0. The van der Waals surface area contributed by atoms with Crippen LogP contribution in [0, 0.1) is 0 Å². The van der Waals surface area contributed by atoms with Crippen molar-refractivity contribution < 1.29 is 9.90 Å². The van der Waals surface area contributed by atoms with E-state index in [-0.39, 0.29) is 5.91 Å². The van der Waals surface area contributed by atoms with Gasteiger partial charge < -0.3 is 10.4 Å². The summed E-state index contributed by atoms with van der Waals surface area (Å²) in [6.07, 6.45) is 21.9. The fraction of sp³-hybridized carbons (Fsp3) is 0.857. The highest BCUT2D eigenvalue weighted by Crippen LogP contribution is 2.09. The monoisotopic (exact) mass is 339 g/mol. The maximum atomic E-state index is 11.1. The second kappa shape index (κ2) is 18.5. The molecule has 142 valence electrons. The fourth-order valence-electron chi connectivity index (χ4n) is 2.73. The van der Waals surface area contributed by atoms with E-state index in [0.717, 1.165) is 12.8 Å². The molecule has 1 amide bonds. The lowest BCUT2D eigenvalue weighted by atomic mass is 10.1. The summed E-state index contributed by atoms with van der Waals surface area (Å²) in [4.78, 5) is 11.1. The van der Waals surface area contributed by atoms with Gasteiger partial charge in [-0.25, -0.2) is 0 Å². The minimum atomic E-state index is -0.890. The van der Waals surface area contributed by atoms with Gasteiger partial charge in [-0.3, -0.25) is 4.79 Å². The molecule has 24 heavy (non-hydrogen) atoms. The smallest absolute Gasteiger partial charge is 0.248 e. The first-order valence-corrected chi connectivity index (χ1v) is 10.3. The van der Waals surface area contributed by atoms with Crippen LogP contribution in [0.25, 0.3) is 0 Å². The second-order valence-electron chi connectivity index (χ2n) is 6.90. The number of carbonyl (C=O) groups excluding carboxylic acids is 1. The van der Waals surface area contributed by atoms with Gasteiger partial charge in [0.2, 0.25) is 5.91 Å². The first kappa shape index (κ1) is 23.2. The molecule has 0 saturated heterocycles. The van der Waals surface area contributed by atoms with E-state index in [0.29, 0.717) is 6.54 Å². The van der Waals surface area contributed by atoms with Gasteiger partial charge in [0.15, 0.2) is 0 Å². The van der Waals surface area contributed by atoms with Crippen molar-refractivity contribution in [2.24, 2.45) is 0 Å². The van der Waals surface area contributed by atoms with Crippen LogP contribution in [0.4, 0.5) is 0 Å². The largest absolute Gasteiger partial charge is 0.384 e. The maximum absolute atomic E-state index is 11.1. The molecule has 0 unspecified atom stereocenters. The average molecular weight is 340 g/mol. The van der Waals surface area contributed by atoms with Crippen molar-refractivity contribution in [2.75, 3.05) is 6.54 Å². The first-order valence-electron chi connectivity index (χ1n) is 10.3. The van der Waals surface area contributed by atoms with Gasteiger partial charge >= 0.3 is 0 Å². The topological polar surface area (TPSA) is 49.3 Å². The molecular weight excluding hydrogens is 298 g/mol. The molecule has 0 heterocycles. The van der Waals surface area contributed by atoms with Gasteiger partial charge in [-0.05, 0) is 39.0 Å². The average Bonchev–Trinajstić information content (AvgIpc) is 2.57. The molecule has 0 spiro atoms. The van der Waals surface area contributed by atoms with Crippen LogP contribution in [-0.4, -0.2) is 23.7 Å². The van der Waals surface area contributed by atoms with Crippen LogP contribution < -0.4 is 5.32 Å². The van der Waals surface area contributed by atoms with Crippen LogP contribution in [0.5, 0.6) is 0 Å². The van der Waals surface area contributed by atoms with Gasteiger partial charge in [-0.2, -0.15) is 0 Å². The summed E-state index contributed by atoms with van der Waals surface area (Å²) in [7, 11) is 0. The zero-order valence-corrected chi connectivity index (χ0v) is 16.2. The summed E-state index contributed by atoms with van der Waals surface area (Å²) in [6, 6.07) is 0. The molecule has 0 fully saturated rings. The Morgan fingerprint density at radius 3 is 1.79 bits per heavy atom. The molecule has 0 saturated carbocycles. The number of carbonyl (C=O) groups is 1. The standard InChI is InChI=1S/C21H41NO2/c1-3-4-5-6-7-8-9-10-11-12-13-14-15-16-17-18-19-22-21(24)20(2)23/h10-11,20,23H,3-9,12-19H2,1-2H3,(H,22,24)/t20-/m0/s1. The summed E-state index contributed by atoms with van der Waals surface area (Å²) in [5, 5.41) is 11.8. The second-order valence-corrected chi connectivity index (χ2v) is 6.90. The summed E-state index contributed by atoms with van der Waals surface area (Å²) in [5.74, 6) is -0.261. The maximum Gasteiger partial charge on any atom is 0.248 e. The molecule has 3 nitrogen and oxygen atoms in total. The summed E-state index contributed by atoms with van der Waals surface area (Å²) >= 11 is 0. The lowest BCUT2D eigenvalue weighted by Crippen LogP contribution is -2.33. The van der Waals surface area contributed by atoms with Gasteiger partial charge in [-0.15, -0.1) is 0 Å². The molecule has 0 aromatic heterocycles. The number of hydrogen-bond acceptors (Lipinski definition) is 2. The van der Waals surface area contributed by atoms with E-state index in [4.69, 9.17) is 5.11 Å². The molecule has 0 aliphatic rings. The Morgan fingerprint density at radius 2 is 1.29 bits per heavy atom. The van der Waals surface area contributed by atoms with E-state index in [2.05, 4.69) is 24.4 Å². The molecule has 0 aliphatic heterocycles. The van der Waals surface area contributed by atoms with Gasteiger partial charge in [-0.1, -0.05) is 76.9 Å². The zero-order chi connectivity index (χ0) is 17.9. The molecule has 3 heteroatoms. The quantitative estimate of drug-likeness (QED) is 0.271. The lowest BCUT2D eigenvalue weighted by molar-refractivity contribution is -0.128. The Bertz CT molecular complexity index is 300. The molecule has 2 N–H and O–H groups in total. The SMILES string of the molecule is CCCCCCCCC=CCCCCCCCCNC(=O)[C@H](C)O. The minimum absolute atomic E-state index is 0.261. The molecule has 1 atom stereocenters. The highest BCUT2D eigenvalue weighted by molar-refractivity contribution is 5.79. The van der Waals surface area contributed by atoms with Crippen molar-refractivity contribution in [3.63, 3.8) is 0 Å². The van der Waals surface area contributed by atoms with E-state index >= 15 is 0 Å². The molecule has 0 aliphatic carbocycles. The van der Waals surface area contributed by atoms with Crippen molar-refractivity contribution in [1.82, 2.24) is 5.32 Å². The highest BCUT2D eigenvalue weighted by atomic mass is 16.3. The number of unbranched alkanes of at least 4 members (excludes halogenated alkanes) is 12. The van der Waals surface area contributed by atoms with Crippen molar-refractivity contribution in [3.05, 3.63) is 12.2 Å². The summed E-state index contributed by atoms with van der Waals surface area (Å²) < 4.78 is 0. The normalized spacial score (nSPS) is 12.6. The zero-order valence-electron chi connectivity index (χ0n) is 16.2. The number of allylic oxidation sites excluding steroid dienone is 2. The van der Waals surface area contributed by atoms with Gasteiger partial charge in [0.1, 0.15) is 6.10 Å². The Balaban J connectivity index is 3.14. The van der Waals surface area contributed by atoms with Crippen molar-refractivity contribution >= 4 is 5.91 Å². The fourth-order valence-corrected chi connectivity index (χ4v) is 2.73. The number of rotatable bonds is 17. The molecule has 0 radical (unpaired) electrons. The predicted molar refractivity (Wildman–Crippen MR) is 104 cm³/mol.